The van der Waals surface area contributed by atoms with Gasteiger partial charge in [0.2, 0.25) is 5.91 Å². The van der Waals surface area contributed by atoms with Crippen molar-refractivity contribution >= 4 is 22.6 Å². The van der Waals surface area contributed by atoms with Crippen LogP contribution in [0.1, 0.15) is 29.8 Å². The molecular formula is C24H21N3O2. The smallest absolute Gasteiger partial charge is 0.272 e. The molecule has 1 heterocycles. The third kappa shape index (κ3) is 3.67. The largest absolute Gasteiger partial charge is 0.319 e. The molecule has 4 aromatic rings. The molecule has 0 radical (unpaired) electrons. The van der Waals surface area contributed by atoms with Gasteiger partial charge in [-0.2, -0.15) is 0 Å². The van der Waals surface area contributed by atoms with Crippen molar-refractivity contribution < 1.29 is 4.79 Å². The number of rotatable bonds is 4. The Labute approximate surface area is 168 Å². The average molecular weight is 383 g/mol. The molecule has 0 saturated carbocycles. The summed E-state index contributed by atoms with van der Waals surface area (Å²) in [5, 5.41) is 0. The lowest BCUT2D eigenvalue weighted by Gasteiger charge is -2.31. The van der Waals surface area contributed by atoms with Gasteiger partial charge >= 0.3 is 0 Å². The molecule has 29 heavy (non-hydrogen) atoms. The molecule has 5 heteroatoms. The van der Waals surface area contributed by atoms with E-state index in [4.69, 9.17) is 0 Å². The van der Waals surface area contributed by atoms with Gasteiger partial charge < -0.3 is 4.98 Å². The molecular weight excluding hydrogens is 362 g/mol. The number of nitrogens with zero attached hydrogens (tertiary/aromatic N) is 2. The van der Waals surface area contributed by atoms with Gasteiger partial charge in [0, 0.05) is 12.6 Å². The first-order chi connectivity index (χ1) is 14.0. The number of H-pyrrole nitrogens is 1. The number of para-hydroxylation sites is 2. The van der Waals surface area contributed by atoms with Crippen LogP contribution in [0.4, 0.5) is 5.69 Å². The summed E-state index contributed by atoms with van der Waals surface area (Å²) in [7, 11) is 0. The summed E-state index contributed by atoms with van der Waals surface area (Å²) in [5.41, 5.74) is 3.94. The molecule has 3 aromatic carbocycles. The van der Waals surface area contributed by atoms with Crippen LogP contribution in [-0.2, 0) is 4.79 Å². The highest BCUT2D eigenvalue weighted by atomic mass is 16.2. The van der Waals surface area contributed by atoms with Gasteiger partial charge in [-0.15, -0.1) is 0 Å². The van der Waals surface area contributed by atoms with E-state index >= 15 is 0 Å². The van der Waals surface area contributed by atoms with Gasteiger partial charge in [-0.1, -0.05) is 60.2 Å². The lowest BCUT2D eigenvalue weighted by Crippen LogP contribution is -2.37. The van der Waals surface area contributed by atoms with Crippen LogP contribution in [0.3, 0.4) is 0 Å². The number of amides is 1. The molecule has 1 N–H and O–H groups in total. The molecule has 144 valence electrons. The number of nitrogens with one attached hydrogen (secondary N) is 1. The SMILES string of the molecule is CC(=O)N(c1ccc(C)cc1)C(c1ccccc1)c1nc2ccccc2[nH]c1=O. The maximum atomic E-state index is 13.0. The second-order valence-electron chi connectivity index (χ2n) is 7.01. The number of fused-ring (bicyclic) bond motifs is 1. The van der Waals surface area contributed by atoms with E-state index in [9.17, 15) is 9.59 Å². The maximum absolute atomic E-state index is 13.0. The van der Waals surface area contributed by atoms with Crippen LogP contribution in [0.2, 0.25) is 0 Å². The Kier molecular flexibility index (Phi) is 4.96. The van der Waals surface area contributed by atoms with E-state index in [1.807, 2.05) is 85.8 Å². The lowest BCUT2D eigenvalue weighted by atomic mass is 10.0. The van der Waals surface area contributed by atoms with Crippen LogP contribution in [0.15, 0.2) is 83.7 Å². The van der Waals surface area contributed by atoms with E-state index in [-0.39, 0.29) is 17.2 Å². The molecule has 0 aliphatic rings. The monoisotopic (exact) mass is 383 g/mol. The van der Waals surface area contributed by atoms with E-state index in [1.54, 1.807) is 4.90 Å². The van der Waals surface area contributed by atoms with Crippen molar-refractivity contribution in [3.63, 3.8) is 0 Å². The van der Waals surface area contributed by atoms with Crippen molar-refractivity contribution in [2.75, 3.05) is 4.90 Å². The number of carbonyl (C=O) groups excluding carboxylic acids is 1. The molecule has 5 nitrogen and oxygen atoms in total. The molecule has 0 bridgehead atoms. The van der Waals surface area contributed by atoms with E-state index in [1.165, 1.54) is 6.92 Å². The van der Waals surface area contributed by atoms with Gasteiger partial charge in [-0.3, -0.25) is 14.5 Å². The Morgan fingerprint density at radius 2 is 1.59 bits per heavy atom. The third-order valence-electron chi connectivity index (χ3n) is 4.91. The predicted octanol–water partition coefficient (Wildman–Crippen LogP) is 4.37. The number of benzene rings is 3. The first-order valence-electron chi connectivity index (χ1n) is 9.45. The van der Waals surface area contributed by atoms with Crippen LogP contribution >= 0.6 is 0 Å². The van der Waals surface area contributed by atoms with Gasteiger partial charge in [0.1, 0.15) is 11.7 Å². The van der Waals surface area contributed by atoms with Gasteiger partial charge in [0.05, 0.1) is 11.0 Å². The van der Waals surface area contributed by atoms with Crippen LogP contribution < -0.4 is 10.5 Å². The summed E-state index contributed by atoms with van der Waals surface area (Å²) >= 11 is 0. The zero-order valence-electron chi connectivity index (χ0n) is 16.3. The molecule has 1 aromatic heterocycles. The number of aromatic amines is 1. The van der Waals surface area contributed by atoms with Crippen molar-refractivity contribution in [3.05, 3.63) is 106 Å². The molecule has 1 unspecified atom stereocenters. The quantitative estimate of drug-likeness (QED) is 0.569. The van der Waals surface area contributed by atoms with Crippen LogP contribution in [0.5, 0.6) is 0 Å². The fourth-order valence-electron chi connectivity index (χ4n) is 3.51. The van der Waals surface area contributed by atoms with E-state index in [0.29, 0.717) is 16.7 Å². The molecule has 0 saturated heterocycles. The van der Waals surface area contributed by atoms with E-state index in [2.05, 4.69) is 9.97 Å². The predicted molar refractivity (Wildman–Crippen MR) is 115 cm³/mol. The van der Waals surface area contributed by atoms with E-state index in [0.717, 1.165) is 11.1 Å². The summed E-state index contributed by atoms with van der Waals surface area (Å²) in [6, 6.07) is 23.9. The molecule has 4 rings (SSSR count). The Morgan fingerprint density at radius 1 is 0.931 bits per heavy atom. The minimum atomic E-state index is -0.648. The molecule has 0 spiro atoms. The number of anilines is 1. The number of aryl methyl sites for hydroxylation is 1. The topological polar surface area (TPSA) is 66.1 Å². The molecule has 0 aliphatic heterocycles. The fourth-order valence-corrected chi connectivity index (χ4v) is 3.51. The summed E-state index contributed by atoms with van der Waals surface area (Å²) in [6.45, 7) is 3.50. The highest BCUT2D eigenvalue weighted by molar-refractivity contribution is 5.93. The second kappa shape index (κ2) is 7.72. The second-order valence-corrected chi connectivity index (χ2v) is 7.01. The molecule has 0 aliphatic carbocycles. The third-order valence-corrected chi connectivity index (χ3v) is 4.91. The van der Waals surface area contributed by atoms with Crippen LogP contribution in [0.25, 0.3) is 11.0 Å². The minimum absolute atomic E-state index is 0.169. The molecule has 1 atom stereocenters. The summed E-state index contributed by atoms with van der Waals surface area (Å²) in [5.74, 6) is -0.169. The maximum Gasteiger partial charge on any atom is 0.272 e. The lowest BCUT2D eigenvalue weighted by molar-refractivity contribution is -0.116. The van der Waals surface area contributed by atoms with Crippen molar-refractivity contribution in [3.8, 4) is 0 Å². The normalized spacial score (nSPS) is 11.9. The first-order valence-corrected chi connectivity index (χ1v) is 9.45. The summed E-state index contributed by atoms with van der Waals surface area (Å²) < 4.78 is 0. The van der Waals surface area contributed by atoms with Gasteiger partial charge in [-0.05, 0) is 36.8 Å². The average Bonchev–Trinajstić information content (AvgIpc) is 2.73. The summed E-state index contributed by atoms with van der Waals surface area (Å²) in [6.07, 6.45) is 0. The standard InChI is InChI=1S/C24H21N3O2/c1-16-12-14-19(15-13-16)27(17(2)28)23(18-8-4-3-5-9-18)22-24(29)26-21-11-7-6-10-20(21)25-22/h3-15,23H,1-2H3,(H,26,29). The van der Waals surface area contributed by atoms with Gasteiger partial charge in [0.15, 0.2) is 0 Å². The molecule has 0 fully saturated rings. The van der Waals surface area contributed by atoms with Crippen LogP contribution in [-0.4, -0.2) is 15.9 Å². The number of hydrogen-bond acceptors (Lipinski definition) is 3. The zero-order chi connectivity index (χ0) is 20.4. The number of aromatic nitrogens is 2. The Morgan fingerprint density at radius 3 is 2.28 bits per heavy atom. The fraction of sp³-hybridized carbons (Fsp3) is 0.125. The number of carbonyl (C=O) groups is 1. The number of hydrogen-bond donors (Lipinski definition) is 1. The van der Waals surface area contributed by atoms with E-state index < -0.39 is 6.04 Å². The Bertz CT molecular complexity index is 1210. The highest BCUT2D eigenvalue weighted by Gasteiger charge is 2.30. The van der Waals surface area contributed by atoms with Crippen molar-refractivity contribution in [1.82, 2.24) is 9.97 Å². The van der Waals surface area contributed by atoms with Gasteiger partial charge in [-0.25, -0.2) is 4.98 Å². The van der Waals surface area contributed by atoms with Gasteiger partial charge in [0.25, 0.3) is 5.56 Å². The van der Waals surface area contributed by atoms with Crippen molar-refractivity contribution in [1.29, 1.82) is 0 Å². The summed E-state index contributed by atoms with van der Waals surface area (Å²) in [4.78, 5) is 35.0. The van der Waals surface area contributed by atoms with Crippen LogP contribution in [0, 0.1) is 6.92 Å². The Hall–Kier alpha value is -3.73. The highest BCUT2D eigenvalue weighted by Crippen LogP contribution is 2.31. The first kappa shape index (κ1) is 18.6. The zero-order valence-corrected chi connectivity index (χ0v) is 16.3. The van der Waals surface area contributed by atoms with Crippen molar-refractivity contribution in [2.24, 2.45) is 0 Å². The Balaban J connectivity index is 1.97. The molecule has 1 amide bonds. The minimum Gasteiger partial charge on any atom is -0.319 e. The van der Waals surface area contributed by atoms with Crippen molar-refractivity contribution in [2.45, 2.75) is 19.9 Å².